The van der Waals surface area contributed by atoms with E-state index in [2.05, 4.69) is 5.32 Å². The first-order valence-electron chi connectivity index (χ1n) is 6.33. The van der Waals surface area contributed by atoms with Crippen molar-refractivity contribution in [2.75, 3.05) is 5.32 Å². The topological polar surface area (TPSA) is 66.4 Å². The SMILES string of the molecule is CC(CC(=O)O)c1ccc(NC(=O)C(C)(C)C)cc1. The lowest BCUT2D eigenvalue weighted by atomic mass is 9.95. The molecule has 1 aromatic rings. The van der Waals surface area contributed by atoms with E-state index in [1.54, 1.807) is 12.1 Å². The Morgan fingerprint density at radius 3 is 2.16 bits per heavy atom. The van der Waals surface area contributed by atoms with Crippen LogP contribution < -0.4 is 5.32 Å². The number of carboxylic acid groups (broad SMARTS) is 1. The molecule has 0 spiro atoms. The highest BCUT2D eigenvalue weighted by Gasteiger charge is 2.21. The highest BCUT2D eigenvalue weighted by molar-refractivity contribution is 5.94. The number of hydrogen-bond donors (Lipinski definition) is 2. The van der Waals surface area contributed by atoms with Crippen molar-refractivity contribution in [3.8, 4) is 0 Å². The maximum Gasteiger partial charge on any atom is 0.303 e. The number of carboxylic acids is 1. The van der Waals surface area contributed by atoms with Crippen LogP contribution in [0.25, 0.3) is 0 Å². The Balaban J connectivity index is 2.72. The monoisotopic (exact) mass is 263 g/mol. The Morgan fingerprint density at radius 1 is 1.21 bits per heavy atom. The van der Waals surface area contributed by atoms with Gasteiger partial charge in [0, 0.05) is 11.1 Å². The zero-order chi connectivity index (χ0) is 14.6. The third kappa shape index (κ3) is 4.73. The Bertz CT molecular complexity index is 457. The summed E-state index contributed by atoms with van der Waals surface area (Å²) in [7, 11) is 0. The number of hydrogen-bond acceptors (Lipinski definition) is 2. The van der Waals surface area contributed by atoms with Gasteiger partial charge in [-0.2, -0.15) is 0 Å². The summed E-state index contributed by atoms with van der Waals surface area (Å²) in [4.78, 5) is 22.5. The zero-order valence-corrected chi connectivity index (χ0v) is 11.9. The molecule has 0 aliphatic heterocycles. The molecule has 0 fully saturated rings. The van der Waals surface area contributed by atoms with Crippen LogP contribution in [0.1, 0.15) is 45.6 Å². The highest BCUT2D eigenvalue weighted by atomic mass is 16.4. The smallest absolute Gasteiger partial charge is 0.303 e. The van der Waals surface area contributed by atoms with Crippen LogP contribution in [-0.4, -0.2) is 17.0 Å². The van der Waals surface area contributed by atoms with Crippen LogP contribution in [0.4, 0.5) is 5.69 Å². The second kappa shape index (κ2) is 5.87. The average Bonchev–Trinajstić information content (AvgIpc) is 2.27. The molecule has 0 radical (unpaired) electrons. The number of carbonyl (C=O) groups is 2. The van der Waals surface area contributed by atoms with E-state index in [4.69, 9.17) is 5.11 Å². The standard InChI is InChI=1S/C15H21NO3/c1-10(9-13(17)18)11-5-7-12(8-6-11)16-14(19)15(2,3)4/h5-8,10H,9H2,1-4H3,(H,16,19)(H,17,18). The predicted octanol–water partition coefficient (Wildman–Crippen LogP) is 3.25. The number of aliphatic carboxylic acids is 1. The van der Waals surface area contributed by atoms with E-state index < -0.39 is 11.4 Å². The minimum absolute atomic E-state index is 0.0372. The molecule has 4 nitrogen and oxygen atoms in total. The van der Waals surface area contributed by atoms with Crippen LogP contribution >= 0.6 is 0 Å². The van der Waals surface area contributed by atoms with Gasteiger partial charge in [-0.3, -0.25) is 9.59 Å². The van der Waals surface area contributed by atoms with Gasteiger partial charge in [0.15, 0.2) is 0 Å². The average molecular weight is 263 g/mol. The van der Waals surface area contributed by atoms with Gasteiger partial charge < -0.3 is 10.4 Å². The summed E-state index contributed by atoms with van der Waals surface area (Å²) in [5.74, 6) is -0.888. The molecule has 0 aliphatic rings. The van der Waals surface area contributed by atoms with Crippen molar-refractivity contribution in [2.45, 2.75) is 40.0 Å². The molecule has 0 saturated heterocycles. The fraction of sp³-hybridized carbons (Fsp3) is 0.467. The summed E-state index contributed by atoms with van der Waals surface area (Å²) in [6.07, 6.45) is 0.105. The quantitative estimate of drug-likeness (QED) is 0.876. The maximum absolute atomic E-state index is 11.8. The van der Waals surface area contributed by atoms with E-state index in [0.717, 1.165) is 11.3 Å². The van der Waals surface area contributed by atoms with E-state index in [-0.39, 0.29) is 18.2 Å². The number of rotatable bonds is 4. The largest absolute Gasteiger partial charge is 0.481 e. The van der Waals surface area contributed by atoms with E-state index >= 15 is 0 Å². The second-order valence-electron chi connectivity index (χ2n) is 5.83. The summed E-state index contributed by atoms with van der Waals surface area (Å²) in [5.41, 5.74) is 1.25. The first-order chi connectivity index (χ1) is 8.70. The lowest BCUT2D eigenvalue weighted by Gasteiger charge is -2.18. The molecule has 0 aliphatic carbocycles. The molecule has 2 N–H and O–H groups in total. The molecule has 0 bridgehead atoms. The Morgan fingerprint density at radius 2 is 1.74 bits per heavy atom. The first kappa shape index (κ1) is 15.2. The Kier molecular flexibility index (Phi) is 4.70. The van der Waals surface area contributed by atoms with Crippen molar-refractivity contribution in [1.29, 1.82) is 0 Å². The molecule has 4 heteroatoms. The van der Waals surface area contributed by atoms with Crippen molar-refractivity contribution in [1.82, 2.24) is 0 Å². The maximum atomic E-state index is 11.8. The van der Waals surface area contributed by atoms with Crippen LogP contribution in [0.2, 0.25) is 0 Å². The molecular formula is C15H21NO3. The lowest BCUT2D eigenvalue weighted by Crippen LogP contribution is -2.27. The summed E-state index contributed by atoms with van der Waals surface area (Å²) in [5, 5.41) is 11.6. The van der Waals surface area contributed by atoms with Gasteiger partial charge in [-0.1, -0.05) is 39.8 Å². The molecule has 1 atom stereocenters. The molecule has 0 heterocycles. The zero-order valence-electron chi connectivity index (χ0n) is 11.9. The van der Waals surface area contributed by atoms with Gasteiger partial charge in [0.25, 0.3) is 0 Å². The fourth-order valence-electron chi connectivity index (χ4n) is 1.59. The van der Waals surface area contributed by atoms with Crippen LogP contribution in [0.5, 0.6) is 0 Å². The second-order valence-corrected chi connectivity index (χ2v) is 5.83. The molecular weight excluding hydrogens is 242 g/mol. The summed E-state index contributed by atoms with van der Waals surface area (Å²) in [6.45, 7) is 7.43. The van der Waals surface area contributed by atoms with Crippen molar-refractivity contribution in [3.05, 3.63) is 29.8 Å². The molecule has 1 aromatic carbocycles. The Hall–Kier alpha value is -1.84. The number of amides is 1. The van der Waals surface area contributed by atoms with Gasteiger partial charge in [-0.05, 0) is 23.6 Å². The van der Waals surface area contributed by atoms with E-state index in [1.807, 2.05) is 39.8 Å². The minimum atomic E-state index is -0.808. The molecule has 0 saturated carbocycles. The Labute approximate surface area is 113 Å². The van der Waals surface area contributed by atoms with Crippen molar-refractivity contribution < 1.29 is 14.7 Å². The van der Waals surface area contributed by atoms with Gasteiger partial charge in [0.05, 0.1) is 6.42 Å². The van der Waals surface area contributed by atoms with Gasteiger partial charge in [0.1, 0.15) is 0 Å². The third-order valence-corrected chi connectivity index (χ3v) is 2.90. The molecule has 0 aromatic heterocycles. The minimum Gasteiger partial charge on any atom is -0.481 e. The van der Waals surface area contributed by atoms with E-state index in [0.29, 0.717) is 0 Å². The van der Waals surface area contributed by atoms with Crippen molar-refractivity contribution >= 4 is 17.6 Å². The van der Waals surface area contributed by atoms with Crippen molar-refractivity contribution in [3.63, 3.8) is 0 Å². The van der Waals surface area contributed by atoms with Crippen LogP contribution in [-0.2, 0) is 9.59 Å². The number of carbonyl (C=O) groups excluding carboxylic acids is 1. The highest BCUT2D eigenvalue weighted by Crippen LogP contribution is 2.22. The van der Waals surface area contributed by atoms with Gasteiger partial charge in [-0.25, -0.2) is 0 Å². The third-order valence-electron chi connectivity index (χ3n) is 2.90. The van der Waals surface area contributed by atoms with Crippen LogP contribution in [0, 0.1) is 5.41 Å². The van der Waals surface area contributed by atoms with Gasteiger partial charge >= 0.3 is 5.97 Å². The van der Waals surface area contributed by atoms with Gasteiger partial charge in [0.2, 0.25) is 5.91 Å². The normalized spacial score (nSPS) is 12.8. The summed E-state index contributed by atoms with van der Waals surface area (Å²) < 4.78 is 0. The number of anilines is 1. The molecule has 19 heavy (non-hydrogen) atoms. The summed E-state index contributed by atoms with van der Waals surface area (Å²) >= 11 is 0. The van der Waals surface area contributed by atoms with Crippen LogP contribution in [0.3, 0.4) is 0 Å². The van der Waals surface area contributed by atoms with Crippen LogP contribution in [0.15, 0.2) is 24.3 Å². The van der Waals surface area contributed by atoms with E-state index in [1.165, 1.54) is 0 Å². The molecule has 104 valence electrons. The summed E-state index contributed by atoms with van der Waals surface area (Å²) in [6, 6.07) is 7.31. The van der Waals surface area contributed by atoms with Crippen molar-refractivity contribution in [2.24, 2.45) is 5.41 Å². The molecule has 1 amide bonds. The predicted molar refractivity (Wildman–Crippen MR) is 75.2 cm³/mol. The fourth-order valence-corrected chi connectivity index (χ4v) is 1.59. The molecule has 1 unspecified atom stereocenters. The number of benzene rings is 1. The van der Waals surface area contributed by atoms with Gasteiger partial charge in [-0.15, -0.1) is 0 Å². The lowest BCUT2D eigenvalue weighted by molar-refractivity contribution is -0.137. The first-order valence-corrected chi connectivity index (χ1v) is 6.33. The number of nitrogens with one attached hydrogen (secondary N) is 1. The molecule has 1 rings (SSSR count). The van der Waals surface area contributed by atoms with E-state index in [9.17, 15) is 9.59 Å².